The Morgan fingerprint density at radius 2 is 2.07 bits per heavy atom. The summed E-state index contributed by atoms with van der Waals surface area (Å²) in [5.74, 6) is 0.839. The highest BCUT2D eigenvalue weighted by molar-refractivity contribution is 5.68. The van der Waals surface area contributed by atoms with Crippen molar-refractivity contribution in [2.45, 2.75) is 25.5 Å². The second-order valence-corrected chi connectivity index (χ2v) is 7.58. The van der Waals surface area contributed by atoms with Gasteiger partial charge in [0.25, 0.3) is 0 Å². The SMILES string of the molecule is C=CCOC[C@@H](O)CN(CCOC)Cc1c(-c2ccccc2)noc1N1CCCC1. The summed E-state index contributed by atoms with van der Waals surface area (Å²) in [6.07, 6.45) is 3.40. The third-order valence-corrected chi connectivity index (χ3v) is 5.22. The summed E-state index contributed by atoms with van der Waals surface area (Å²) < 4.78 is 16.6. The second-order valence-electron chi connectivity index (χ2n) is 7.58. The number of benzene rings is 1. The summed E-state index contributed by atoms with van der Waals surface area (Å²) in [6, 6.07) is 10.1. The van der Waals surface area contributed by atoms with Crippen molar-refractivity contribution in [1.29, 1.82) is 0 Å². The van der Waals surface area contributed by atoms with Gasteiger partial charge in [0.1, 0.15) is 5.69 Å². The van der Waals surface area contributed by atoms with Crippen molar-refractivity contribution in [1.82, 2.24) is 10.1 Å². The van der Waals surface area contributed by atoms with Gasteiger partial charge in [0.05, 0.1) is 31.5 Å². The van der Waals surface area contributed by atoms with Gasteiger partial charge in [-0.25, -0.2) is 0 Å². The molecule has 1 aliphatic heterocycles. The van der Waals surface area contributed by atoms with E-state index in [0.29, 0.717) is 32.8 Å². The fourth-order valence-electron chi connectivity index (χ4n) is 3.75. The Kier molecular flexibility index (Phi) is 8.89. The van der Waals surface area contributed by atoms with Crippen molar-refractivity contribution >= 4 is 5.88 Å². The summed E-state index contributed by atoms with van der Waals surface area (Å²) >= 11 is 0. The zero-order valence-electron chi connectivity index (χ0n) is 17.8. The van der Waals surface area contributed by atoms with Crippen LogP contribution < -0.4 is 4.90 Å². The Labute approximate surface area is 178 Å². The first-order valence-electron chi connectivity index (χ1n) is 10.6. The number of aliphatic hydroxyl groups excluding tert-OH is 1. The fourth-order valence-corrected chi connectivity index (χ4v) is 3.75. The zero-order valence-corrected chi connectivity index (χ0v) is 17.8. The molecule has 0 amide bonds. The number of nitrogens with zero attached hydrogens (tertiary/aromatic N) is 3. The smallest absolute Gasteiger partial charge is 0.232 e. The molecule has 7 nitrogen and oxygen atoms in total. The van der Waals surface area contributed by atoms with E-state index >= 15 is 0 Å². The highest BCUT2D eigenvalue weighted by Crippen LogP contribution is 2.34. The molecule has 7 heteroatoms. The minimum absolute atomic E-state index is 0.268. The summed E-state index contributed by atoms with van der Waals surface area (Å²) in [5.41, 5.74) is 2.94. The molecule has 30 heavy (non-hydrogen) atoms. The number of aliphatic hydroxyl groups is 1. The topological polar surface area (TPSA) is 71.2 Å². The van der Waals surface area contributed by atoms with Gasteiger partial charge in [-0.05, 0) is 12.8 Å². The number of aromatic nitrogens is 1. The molecule has 0 bridgehead atoms. The molecule has 0 unspecified atom stereocenters. The largest absolute Gasteiger partial charge is 0.389 e. The molecule has 0 saturated carbocycles. The summed E-state index contributed by atoms with van der Waals surface area (Å²) in [7, 11) is 1.69. The Bertz CT molecular complexity index is 759. The summed E-state index contributed by atoms with van der Waals surface area (Å²) in [6.45, 7) is 8.64. The molecule has 0 radical (unpaired) electrons. The maximum Gasteiger partial charge on any atom is 0.232 e. The lowest BCUT2D eigenvalue weighted by molar-refractivity contribution is 0.0194. The van der Waals surface area contributed by atoms with E-state index in [1.807, 2.05) is 30.3 Å². The van der Waals surface area contributed by atoms with E-state index in [9.17, 15) is 5.11 Å². The van der Waals surface area contributed by atoms with Crippen LogP contribution in [0.1, 0.15) is 18.4 Å². The lowest BCUT2D eigenvalue weighted by atomic mass is 10.1. The lowest BCUT2D eigenvalue weighted by Crippen LogP contribution is -2.37. The van der Waals surface area contributed by atoms with E-state index in [4.69, 9.17) is 14.0 Å². The highest BCUT2D eigenvalue weighted by Gasteiger charge is 2.26. The van der Waals surface area contributed by atoms with Crippen molar-refractivity contribution < 1.29 is 19.1 Å². The first-order valence-corrected chi connectivity index (χ1v) is 10.6. The standard InChI is InChI=1S/C23H33N3O4/c1-3-14-29-18-20(27)16-25(13-15-28-2)17-21-22(19-9-5-4-6-10-19)24-30-23(21)26-11-7-8-12-26/h3-6,9-10,20,27H,1,7-8,11-18H2,2H3/t20-/m0/s1. The van der Waals surface area contributed by atoms with E-state index in [1.165, 1.54) is 0 Å². The van der Waals surface area contributed by atoms with Crippen LogP contribution in [0.25, 0.3) is 11.3 Å². The Morgan fingerprint density at radius 1 is 1.30 bits per heavy atom. The van der Waals surface area contributed by atoms with Crippen LogP contribution in [0.4, 0.5) is 5.88 Å². The molecule has 2 aromatic rings. The third-order valence-electron chi connectivity index (χ3n) is 5.22. The molecule has 164 valence electrons. The van der Waals surface area contributed by atoms with Crippen LogP contribution in [-0.2, 0) is 16.0 Å². The lowest BCUT2D eigenvalue weighted by Gasteiger charge is -2.26. The van der Waals surface area contributed by atoms with E-state index in [-0.39, 0.29) is 6.61 Å². The van der Waals surface area contributed by atoms with Crippen LogP contribution in [0.5, 0.6) is 0 Å². The molecule has 3 rings (SSSR count). The van der Waals surface area contributed by atoms with Gasteiger partial charge in [-0.15, -0.1) is 6.58 Å². The third kappa shape index (κ3) is 6.15. The van der Waals surface area contributed by atoms with Crippen LogP contribution >= 0.6 is 0 Å². The van der Waals surface area contributed by atoms with E-state index in [2.05, 4.69) is 21.5 Å². The molecular weight excluding hydrogens is 382 g/mol. The zero-order chi connectivity index (χ0) is 21.2. The minimum atomic E-state index is -0.600. The maximum atomic E-state index is 10.5. The molecule has 1 aromatic carbocycles. The summed E-state index contributed by atoms with van der Waals surface area (Å²) in [5, 5.41) is 14.9. The van der Waals surface area contributed by atoms with Crippen molar-refractivity contribution in [3.05, 3.63) is 48.6 Å². The quantitative estimate of drug-likeness (QED) is 0.398. The van der Waals surface area contributed by atoms with Gasteiger partial charge in [0, 0.05) is 45.4 Å². The number of hydrogen-bond acceptors (Lipinski definition) is 7. The summed E-state index contributed by atoms with van der Waals surface area (Å²) in [4.78, 5) is 4.44. The number of methoxy groups -OCH3 is 1. The second kappa shape index (κ2) is 11.9. The predicted molar refractivity (Wildman–Crippen MR) is 118 cm³/mol. The normalized spacial score (nSPS) is 15.1. The van der Waals surface area contributed by atoms with Gasteiger partial charge < -0.3 is 24.0 Å². The van der Waals surface area contributed by atoms with E-state index in [0.717, 1.165) is 48.6 Å². The van der Waals surface area contributed by atoms with E-state index in [1.54, 1.807) is 13.2 Å². The number of ether oxygens (including phenoxy) is 2. The molecule has 1 aromatic heterocycles. The van der Waals surface area contributed by atoms with Crippen LogP contribution in [0.3, 0.4) is 0 Å². The average Bonchev–Trinajstić information content (AvgIpc) is 3.42. The molecule has 1 N–H and O–H groups in total. The molecule has 0 aliphatic carbocycles. The predicted octanol–water partition coefficient (Wildman–Crippen LogP) is 2.95. The molecule has 1 atom stereocenters. The minimum Gasteiger partial charge on any atom is -0.389 e. The molecule has 1 aliphatic rings. The van der Waals surface area contributed by atoms with Crippen LogP contribution in [-0.4, -0.2) is 74.4 Å². The Hall–Kier alpha value is -2.19. The highest BCUT2D eigenvalue weighted by atomic mass is 16.5. The molecular formula is C23H33N3O4. The van der Waals surface area contributed by atoms with Crippen molar-refractivity contribution in [2.24, 2.45) is 0 Å². The van der Waals surface area contributed by atoms with E-state index < -0.39 is 6.10 Å². The average molecular weight is 416 g/mol. The maximum absolute atomic E-state index is 10.5. The number of hydrogen-bond donors (Lipinski definition) is 1. The fraction of sp³-hybridized carbons (Fsp3) is 0.522. The molecule has 0 spiro atoms. The van der Waals surface area contributed by atoms with Crippen molar-refractivity contribution in [2.75, 3.05) is 58.0 Å². The van der Waals surface area contributed by atoms with Gasteiger partial charge in [0.15, 0.2) is 0 Å². The monoisotopic (exact) mass is 415 g/mol. The first-order chi connectivity index (χ1) is 14.7. The molecule has 1 saturated heterocycles. The van der Waals surface area contributed by atoms with Gasteiger partial charge in [0.2, 0.25) is 5.88 Å². The van der Waals surface area contributed by atoms with Gasteiger partial charge in [-0.3, -0.25) is 4.90 Å². The van der Waals surface area contributed by atoms with Crippen LogP contribution in [0.15, 0.2) is 47.5 Å². The van der Waals surface area contributed by atoms with Crippen LogP contribution in [0.2, 0.25) is 0 Å². The van der Waals surface area contributed by atoms with Crippen molar-refractivity contribution in [3.8, 4) is 11.3 Å². The van der Waals surface area contributed by atoms with Gasteiger partial charge >= 0.3 is 0 Å². The molecule has 2 heterocycles. The number of rotatable bonds is 13. The van der Waals surface area contributed by atoms with Crippen LogP contribution in [0, 0.1) is 0 Å². The van der Waals surface area contributed by atoms with Gasteiger partial charge in [-0.2, -0.15) is 0 Å². The molecule has 1 fully saturated rings. The Morgan fingerprint density at radius 3 is 2.77 bits per heavy atom. The Balaban J connectivity index is 1.82. The van der Waals surface area contributed by atoms with Crippen molar-refractivity contribution in [3.63, 3.8) is 0 Å². The number of anilines is 1. The van der Waals surface area contributed by atoms with Gasteiger partial charge in [-0.1, -0.05) is 41.6 Å². The first kappa shape index (κ1) is 22.5.